The SMILES string of the molecule is CCNCc1ccc(OC)cc1OC1CCCC(CC)C1. The van der Waals surface area contributed by atoms with Crippen molar-refractivity contribution in [2.45, 2.75) is 58.6 Å². The van der Waals surface area contributed by atoms with E-state index in [-0.39, 0.29) is 0 Å². The van der Waals surface area contributed by atoms with Crippen molar-refractivity contribution in [3.05, 3.63) is 23.8 Å². The monoisotopic (exact) mass is 291 g/mol. The third-order valence-electron chi connectivity index (χ3n) is 4.45. The predicted molar refractivity (Wildman–Crippen MR) is 87.0 cm³/mol. The fraction of sp³-hybridized carbons (Fsp3) is 0.667. The number of methoxy groups -OCH3 is 1. The van der Waals surface area contributed by atoms with Crippen LogP contribution in [0, 0.1) is 5.92 Å². The van der Waals surface area contributed by atoms with Crippen LogP contribution in [-0.4, -0.2) is 19.8 Å². The molecule has 1 N–H and O–H groups in total. The first-order chi connectivity index (χ1) is 10.3. The van der Waals surface area contributed by atoms with Crippen molar-refractivity contribution in [3.63, 3.8) is 0 Å². The zero-order chi connectivity index (χ0) is 15.1. The lowest BCUT2D eigenvalue weighted by Crippen LogP contribution is -2.26. The number of hydrogen-bond donors (Lipinski definition) is 1. The Kier molecular flexibility index (Phi) is 6.37. The molecule has 3 heteroatoms. The molecule has 1 aliphatic rings. The maximum Gasteiger partial charge on any atom is 0.127 e. The van der Waals surface area contributed by atoms with Gasteiger partial charge in [-0.15, -0.1) is 0 Å². The van der Waals surface area contributed by atoms with Gasteiger partial charge in [0.15, 0.2) is 0 Å². The number of ether oxygens (including phenoxy) is 2. The number of hydrogen-bond acceptors (Lipinski definition) is 3. The Morgan fingerprint density at radius 2 is 2.10 bits per heavy atom. The molecule has 0 amide bonds. The molecule has 2 atom stereocenters. The second-order valence-electron chi connectivity index (χ2n) is 5.93. The fourth-order valence-electron chi connectivity index (χ4n) is 3.08. The Hall–Kier alpha value is -1.22. The molecule has 2 unspecified atom stereocenters. The average Bonchev–Trinajstić information content (AvgIpc) is 2.53. The summed E-state index contributed by atoms with van der Waals surface area (Å²) >= 11 is 0. The van der Waals surface area contributed by atoms with E-state index in [4.69, 9.17) is 9.47 Å². The van der Waals surface area contributed by atoms with Crippen molar-refractivity contribution >= 4 is 0 Å². The van der Waals surface area contributed by atoms with Gasteiger partial charge in [-0.3, -0.25) is 0 Å². The third-order valence-corrected chi connectivity index (χ3v) is 4.45. The minimum absolute atomic E-state index is 0.358. The first-order valence-corrected chi connectivity index (χ1v) is 8.31. The molecule has 0 heterocycles. The smallest absolute Gasteiger partial charge is 0.127 e. The van der Waals surface area contributed by atoms with Crippen LogP contribution in [0.4, 0.5) is 0 Å². The summed E-state index contributed by atoms with van der Waals surface area (Å²) in [5, 5.41) is 3.38. The highest BCUT2D eigenvalue weighted by Gasteiger charge is 2.23. The molecule has 0 saturated heterocycles. The average molecular weight is 291 g/mol. The minimum Gasteiger partial charge on any atom is -0.497 e. The van der Waals surface area contributed by atoms with Crippen LogP contribution >= 0.6 is 0 Å². The third kappa shape index (κ3) is 4.63. The second-order valence-corrected chi connectivity index (χ2v) is 5.93. The molecule has 1 aliphatic carbocycles. The van der Waals surface area contributed by atoms with E-state index in [1.807, 2.05) is 12.1 Å². The molecule has 2 rings (SSSR count). The molecule has 0 bridgehead atoms. The van der Waals surface area contributed by atoms with Gasteiger partial charge in [-0.1, -0.05) is 32.8 Å². The summed E-state index contributed by atoms with van der Waals surface area (Å²) in [6.07, 6.45) is 6.63. The Morgan fingerprint density at radius 1 is 1.24 bits per heavy atom. The maximum atomic E-state index is 6.34. The molecular formula is C18H29NO2. The van der Waals surface area contributed by atoms with Crippen molar-refractivity contribution in [2.24, 2.45) is 5.92 Å². The predicted octanol–water partition coefficient (Wildman–Crippen LogP) is 4.15. The van der Waals surface area contributed by atoms with E-state index in [0.717, 1.165) is 30.5 Å². The summed E-state index contributed by atoms with van der Waals surface area (Å²) in [6.45, 7) is 6.22. The lowest BCUT2D eigenvalue weighted by atomic mass is 9.85. The number of nitrogens with one attached hydrogen (secondary N) is 1. The van der Waals surface area contributed by atoms with E-state index in [1.54, 1.807) is 7.11 Å². The van der Waals surface area contributed by atoms with Crippen LogP contribution in [0.2, 0.25) is 0 Å². The van der Waals surface area contributed by atoms with Gasteiger partial charge >= 0.3 is 0 Å². The van der Waals surface area contributed by atoms with E-state index >= 15 is 0 Å². The summed E-state index contributed by atoms with van der Waals surface area (Å²) in [5.41, 5.74) is 1.22. The van der Waals surface area contributed by atoms with Gasteiger partial charge in [-0.2, -0.15) is 0 Å². The van der Waals surface area contributed by atoms with Crippen LogP contribution in [0.1, 0.15) is 51.5 Å². The lowest BCUT2D eigenvalue weighted by molar-refractivity contribution is 0.120. The molecule has 0 aliphatic heterocycles. The van der Waals surface area contributed by atoms with Crippen molar-refractivity contribution in [2.75, 3.05) is 13.7 Å². The molecule has 1 aromatic rings. The first-order valence-electron chi connectivity index (χ1n) is 8.31. The summed E-state index contributed by atoms with van der Waals surface area (Å²) in [5.74, 6) is 2.68. The Labute approximate surface area is 129 Å². The molecule has 1 fully saturated rings. The Morgan fingerprint density at radius 3 is 2.81 bits per heavy atom. The molecule has 21 heavy (non-hydrogen) atoms. The largest absolute Gasteiger partial charge is 0.497 e. The molecule has 1 aromatic carbocycles. The molecule has 0 aromatic heterocycles. The standard InChI is InChI=1S/C18H29NO2/c1-4-14-7-6-8-17(11-14)21-18-12-16(20-3)10-9-15(18)13-19-5-2/h9-10,12,14,17,19H,4-8,11,13H2,1-3H3. The van der Waals surface area contributed by atoms with Gasteiger partial charge in [-0.05, 0) is 37.8 Å². The van der Waals surface area contributed by atoms with Gasteiger partial charge < -0.3 is 14.8 Å². The topological polar surface area (TPSA) is 30.5 Å². The number of benzene rings is 1. The van der Waals surface area contributed by atoms with Crippen LogP contribution in [0.5, 0.6) is 11.5 Å². The van der Waals surface area contributed by atoms with Crippen LogP contribution < -0.4 is 14.8 Å². The summed E-state index contributed by atoms with van der Waals surface area (Å²) < 4.78 is 11.7. The van der Waals surface area contributed by atoms with Gasteiger partial charge in [0.2, 0.25) is 0 Å². The maximum absolute atomic E-state index is 6.34. The van der Waals surface area contributed by atoms with Gasteiger partial charge in [0.25, 0.3) is 0 Å². The highest BCUT2D eigenvalue weighted by Crippen LogP contribution is 2.32. The van der Waals surface area contributed by atoms with Gasteiger partial charge in [0.05, 0.1) is 13.2 Å². The minimum atomic E-state index is 0.358. The van der Waals surface area contributed by atoms with Gasteiger partial charge in [-0.25, -0.2) is 0 Å². The van der Waals surface area contributed by atoms with Crippen molar-refractivity contribution < 1.29 is 9.47 Å². The normalized spacial score (nSPS) is 22.0. The van der Waals surface area contributed by atoms with E-state index in [1.165, 1.54) is 37.7 Å². The van der Waals surface area contributed by atoms with Gasteiger partial charge in [0.1, 0.15) is 11.5 Å². The van der Waals surface area contributed by atoms with E-state index in [9.17, 15) is 0 Å². The van der Waals surface area contributed by atoms with Crippen molar-refractivity contribution in [1.82, 2.24) is 5.32 Å². The highest BCUT2D eigenvalue weighted by molar-refractivity contribution is 5.41. The molecule has 3 nitrogen and oxygen atoms in total. The molecule has 0 spiro atoms. The van der Waals surface area contributed by atoms with Gasteiger partial charge in [0, 0.05) is 18.2 Å². The van der Waals surface area contributed by atoms with Crippen LogP contribution in [-0.2, 0) is 6.54 Å². The first kappa shape index (κ1) is 16.2. The van der Waals surface area contributed by atoms with E-state index in [0.29, 0.717) is 6.10 Å². The van der Waals surface area contributed by atoms with Crippen molar-refractivity contribution in [1.29, 1.82) is 0 Å². The Balaban J connectivity index is 2.08. The van der Waals surface area contributed by atoms with Crippen LogP contribution in [0.3, 0.4) is 0 Å². The quantitative estimate of drug-likeness (QED) is 0.818. The second kappa shape index (κ2) is 8.28. The highest BCUT2D eigenvalue weighted by atomic mass is 16.5. The van der Waals surface area contributed by atoms with Crippen LogP contribution in [0.15, 0.2) is 18.2 Å². The summed E-state index contributed by atoms with van der Waals surface area (Å²) in [4.78, 5) is 0. The molecule has 1 saturated carbocycles. The molecule has 0 radical (unpaired) electrons. The Bertz CT molecular complexity index is 433. The van der Waals surface area contributed by atoms with Crippen LogP contribution in [0.25, 0.3) is 0 Å². The summed E-state index contributed by atoms with van der Waals surface area (Å²) in [7, 11) is 1.71. The lowest BCUT2D eigenvalue weighted by Gasteiger charge is -2.29. The summed E-state index contributed by atoms with van der Waals surface area (Å²) in [6, 6.07) is 6.15. The zero-order valence-electron chi connectivity index (χ0n) is 13.7. The fourth-order valence-corrected chi connectivity index (χ4v) is 3.08. The molecule has 118 valence electrons. The van der Waals surface area contributed by atoms with Crippen molar-refractivity contribution in [3.8, 4) is 11.5 Å². The molecular weight excluding hydrogens is 262 g/mol. The van der Waals surface area contributed by atoms with E-state index < -0.39 is 0 Å². The zero-order valence-corrected chi connectivity index (χ0v) is 13.7. The number of rotatable bonds is 7. The van der Waals surface area contributed by atoms with E-state index in [2.05, 4.69) is 25.2 Å².